The van der Waals surface area contributed by atoms with Gasteiger partial charge >= 0.3 is 0 Å². The molecule has 2 saturated heterocycles. The summed E-state index contributed by atoms with van der Waals surface area (Å²) in [6.45, 7) is 3.86. The third-order valence-corrected chi connectivity index (χ3v) is 5.59. The van der Waals surface area contributed by atoms with Crippen LogP contribution < -0.4 is 4.74 Å². The van der Waals surface area contributed by atoms with Gasteiger partial charge in [0.05, 0.1) is 12.1 Å². The van der Waals surface area contributed by atoms with E-state index >= 15 is 0 Å². The fourth-order valence-corrected chi connectivity index (χ4v) is 3.95. The first-order valence-electron chi connectivity index (χ1n) is 10.1. The molecule has 0 N–H and O–H groups in total. The lowest BCUT2D eigenvalue weighted by atomic mass is 10.0. The second-order valence-corrected chi connectivity index (χ2v) is 7.66. The summed E-state index contributed by atoms with van der Waals surface area (Å²) in [5.41, 5.74) is 1.88. The van der Waals surface area contributed by atoms with Crippen LogP contribution in [0.4, 0.5) is 0 Å². The van der Waals surface area contributed by atoms with E-state index in [-0.39, 0.29) is 18.1 Å². The molecule has 0 aliphatic carbocycles. The Kier molecular flexibility index (Phi) is 5.93. The largest absolute Gasteiger partial charge is 0.491 e. The molecule has 2 aromatic carbocycles. The van der Waals surface area contributed by atoms with Crippen molar-refractivity contribution in [2.24, 2.45) is 0 Å². The number of amides is 1. The van der Waals surface area contributed by atoms with Gasteiger partial charge in [-0.15, -0.1) is 0 Å². The Morgan fingerprint density at radius 2 is 1.89 bits per heavy atom. The second-order valence-electron chi connectivity index (χ2n) is 7.66. The number of nitrogens with zero attached hydrogens (tertiary/aromatic N) is 2. The molecule has 1 amide bonds. The molecule has 4 rings (SSSR count). The van der Waals surface area contributed by atoms with Crippen LogP contribution in [0.15, 0.2) is 54.6 Å². The van der Waals surface area contributed by atoms with Crippen molar-refractivity contribution in [1.29, 1.82) is 0 Å². The van der Waals surface area contributed by atoms with Crippen molar-refractivity contribution >= 4 is 5.91 Å². The van der Waals surface area contributed by atoms with E-state index in [0.717, 1.165) is 44.8 Å². The summed E-state index contributed by atoms with van der Waals surface area (Å²) in [5.74, 6) is 0.859. The number of benzene rings is 2. The highest BCUT2D eigenvalue weighted by atomic mass is 16.5. The zero-order valence-corrected chi connectivity index (χ0v) is 16.4. The number of piperazine rings is 1. The number of carbonyl (C=O) groups excluding carboxylic acids is 1. The summed E-state index contributed by atoms with van der Waals surface area (Å²) in [6, 6.07) is 17.9. The molecule has 2 aliphatic rings. The Labute approximate surface area is 166 Å². The molecule has 5 nitrogen and oxygen atoms in total. The Morgan fingerprint density at radius 1 is 1.11 bits per heavy atom. The van der Waals surface area contributed by atoms with Crippen LogP contribution in [0.25, 0.3) is 0 Å². The highest BCUT2D eigenvalue weighted by molar-refractivity contribution is 5.94. The Hall–Kier alpha value is -2.37. The SMILES string of the molecule is CN1CCN(C(=O)c2ccc(OC[C@@H]3CCCO3)cc2)[C@H](c2ccccc2)C1. The van der Waals surface area contributed by atoms with Gasteiger partial charge in [-0.3, -0.25) is 4.79 Å². The number of ether oxygens (including phenoxy) is 2. The first kappa shape index (κ1) is 19.0. The first-order chi connectivity index (χ1) is 13.7. The van der Waals surface area contributed by atoms with Crippen LogP contribution in [-0.2, 0) is 4.74 Å². The molecule has 2 atom stereocenters. The van der Waals surface area contributed by atoms with Crippen molar-refractivity contribution < 1.29 is 14.3 Å². The minimum absolute atomic E-state index is 0.0721. The molecule has 0 spiro atoms. The van der Waals surface area contributed by atoms with Gasteiger partial charge in [0.1, 0.15) is 12.4 Å². The van der Waals surface area contributed by atoms with Crippen LogP contribution in [0, 0.1) is 0 Å². The Morgan fingerprint density at radius 3 is 2.61 bits per heavy atom. The van der Waals surface area contributed by atoms with Crippen molar-refractivity contribution in [3.8, 4) is 5.75 Å². The second kappa shape index (κ2) is 8.76. The van der Waals surface area contributed by atoms with E-state index in [9.17, 15) is 4.79 Å². The zero-order chi connectivity index (χ0) is 19.3. The molecule has 0 unspecified atom stereocenters. The smallest absolute Gasteiger partial charge is 0.254 e. The lowest BCUT2D eigenvalue weighted by Gasteiger charge is -2.40. The van der Waals surface area contributed by atoms with Gasteiger partial charge in [-0.05, 0) is 49.7 Å². The summed E-state index contributed by atoms with van der Waals surface area (Å²) in [4.78, 5) is 17.5. The summed E-state index contributed by atoms with van der Waals surface area (Å²) in [6.07, 6.45) is 2.36. The average Bonchev–Trinajstić information content (AvgIpc) is 3.26. The van der Waals surface area contributed by atoms with E-state index in [4.69, 9.17) is 9.47 Å². The quantitative estimate of drug-likeness (QED) is 0.798. The topological polar surface area (TPSA) is 42.0 Å². The van der Waals surface area contributed by atoms with E-state index in [0.29, 0.717) is 12.2 Å². The average molecular weight is 380 g/mol. The molecule has 2 aromatic rings. The van der Waals surface area contributed by atoms with E-state index < -0.39 is 0 Å². The van der Waals surface area contributed by atoms with Crippen LogP contribution in [0.3, 0.4) is 0 Å². The van der Waals surface area contributed by atoms with Gasteiger partial charge in [0.25, 0.3) is 5.91 Å². The standard InChI is InChI=1S/C23H28N2O3/c1-24-13-14-25(22(16-24)18-6-3-2-4-7-18)23(26)19-9-11-20(12-10-19)28-17-21-8-5-15-27-21/h2-4,6-7,9-12,21-22H,5,8,13-17H2,1H3/t21-,22-/m0/s1. The van der Waals surface area contributed by atoms with Crippen molar-refractivity contribution in [3.05, 3.63) is 65.7 Å². The molecule has 0 saturated carbocycles. The van der Waals surface area contributed by atoms with Gasteiger partial charge in [0, 0.05) is 31.8 Å². The van der Waals surface area contributed by atoms with Gasteiger partial charge in [-0.2, -0.15) is 0 Å². The monoisotopic (exact) mass is 380 g/mol. The Bertz CT molecular complexity index is 772. The van der Waals surface area contributed by atoms with Crippen LogP contribution in [0.2, 0.25) is 0 Å². The van der Waals surface area contributed by atoms with Gasteiger partial charge in [0.15, 0.2) is 0 Å². The fourth-order valence-electron chi connectivity index (χ4n) is 3.95. The Balaban J connectivity index is 1.44. The minimum atomic E-state index is 0.0721. The lowest BCUT2D eigenvalue weighted by molar-refractivity contribution is 0.0497. The predicted molar refractivity (Wildman–Crippen MR) is 109 cm³/mol. The lowest BCUT2D eigenvalue weighted by Crippen LogP contribution is -2.49. The molecule has 0 bridgehead atoms. The van der Waals surface area contributed by atoms with E-state index in [2.05, 4.69) is 24.1 Å². The summed E-state index contributed by atoms with van der Waals surface area (Å²) < 4.78 is 11.4. The predicted octanol–water partition coefficient (Wildman–Crippen LogP) is 3.37. The number of hydrogen-bond donors (Lipinski definition) is 0. The minimum Gasteiger partial charge on any atom is -0.491 e. The molecular weight excluding hydrogens is 352 g/mol. The summed E-state index contributed by atoms with van der Waals surface area (Å²) in [7, 11) is 2.11. The van der Waals surface area contributed by atoms with E-state index in [1.165, 1.54) is 5.56 Å². The highest BCUT2D eigenvalue weighted by Crippen LogP contribution is 2.27. The van der Waals surface area contributed by atoms with Crippen LogP contribution in [0.1, 0.15) is 34.8 Å². The third kappa shape index (κ3) is 4.37. The number of hydrogen-bond acceptors (Lipinski definition) is 4. The van der Waals surface area contributed by atoms with Gasteiger partial charge in [-0.25, -0.2) is 0 Å². The molecule has 148 valence electrons. The van der Waals surface area contributed by atoms with Crippen molar-refractivity contribution in [2.75, 3.05) is 39.9 Å². The molecule has 0 aromatic heterocycles. The number of likely N-dealkylation sites (N-methyl/N-ethyl adjacent to an activating group) is 1. The zero-order valence-electron chi connectivity index (χ0n) is 16.4. The maximum Gasteiger partial charge on any atom is 0.254 e. The van der Waals surface area contributed by atoms with Crippen LogP contribution >= 0.6 is 0 Å². The van der Waals surface area contributed by atoms with Crippen molar-refractivity contribution in [2.45, 2.75) is 25.0 Å². The molecule has 2 aliphatic heterocycles. The normalized spacial score (nSPS) is 23.0. The third-order valence-electron chi connectivity index (χ3n) is 5.59. The van der Waals surface area contributed by atoms with Crippen LogP contribution in [-0.4, -0.2) is 61.7 Å². The number of carbonyl (C=O) groups is 1. The van der Waals surface area contributed by atoms with E-state index in [1.54, 1.807) is 0 Å². The maximum absolute atomic E-state index is 13.2. The van der Waals surface area contributed by atoms with Crippen molar-refractivity contribution in [3.63, 3.8) is 0 Å². The number of rotatable bonds is 5. The van der Waals surface area contributed by atoms with Crippen molar-refractivity contribution in [1.82, 2.24) is 9.80 Å². The summed E-state index contributed by atoms with van der Waals surface area (Å²) >= 11 is 0. The molecule has 2 heterocycles. The molecule has 28 heavy (non-hydrogen) atoms. The van der Waals surface area contributed by atoms with E-state index in [1.807, 2.05) is 47.4 Å². The summed E-state index contributed by atoms with van der Waals surface area (Å²) in [5, 5.41) is 0. The first-order valence-corrected chi connectivity index (χ1v) is 10.1. The van der Waals surface area contributed by atoms with Crippen LogP contribution in [0.5, 0.6) is 5.75 Å². The maximum atomic E-state index is 13.2. The fraction of sp³-hybridized carbons (Fsp3) is 0.435. The van der Waals surface area contributed by atoms with Gasteiger partial charge in [0.2, 0.25) is 0 Å². The van der Waals surface area contributed by atoms with Gasteiger partial charge < -0.3 is 19.3 Å². The molecule has 0 radical (unpaired) electrons. The van der Waals surface area contributed by atoms with Gasteiger partial charge in [-0.1, -0.05) is 30.3 Å². The molecular formula is C23H28N2O3. The highest BCUT2D eigenvalue weighted by Gasteiger charge is 2.30. The molecule has 5 heteroatoms. The molecule has 2 fully saturated rings.